The number of H-pyrrole nitrogens is 1. The number of aromatic nitrogens is 2. The van der Waals surface area contributed by atoms with Crippen LogP contribution in [0.2, 0.25) is 0 Å². The SMILES string of the molecule is C[C@@H]1CCN(C(=O)c2n[nH]c(=O)c3ccccc23)[C@H]2CCCC[C@@H]12. The molecule has 1 N–H and O–H groups in total. The number of hydrogen-bond donors (Lipinski definition) is 1. The van der Waals surface area contributed by atoms with E-state index in [0.29, 0.717) is 34.3 Å². The lowest BCUT2D eigenvalue weighted by Gasteiger charge is -2.47. The third kappa shape index (κ3) is 2.43. The van der Waals surface area contributed by atoms with E-state index in [4.69, 9.17) is 0 Å². The third-order valence-corrected chi connectivity index (χ3v) is 5.90. The van der Waals surface area contributed by atoms with Crippen molar-refractivity contribution in [2.45, 2.75) is 45.1 Å². The van der Waals surface area contributed by atoms with Crippen LogP contribution in [0.3, 0.4) is 0 Å². The maximum absolute atomic E-state index is 13.2. The van der Waals surface area contributed by atoms with Crippen LogP contribution in [0.15, 0.2) is 29.1 Å². The topological polar surface area (TPSA) is 66.1 Å². The van der Waals surface area contributed by atoms with E-state index in [-0.39, 0.29) is 11.5 Å². The summed E-state index contributed by atoms with van der Waals surface area (Å²) in [6, 6.07) is 7.54. The van der Waals surface area contributed by atoms with Gasteiger partial charge >= 0.3 is 0 Å². The quantitative estimate of drug-likeness (QED) is 0.876. The van der Waals surface area contributed by atoms with E-state index in [1.54, 1.807) is 6.07 Å². The van der Waals surface area contributed by atoms with Crippen LogP contribution in [-0.4, -0.2) is 33.6 Å². The molecule has 126 valence electrons. The average molecular weight is 325 g/mol. The van der Waals surface area contributed by atoms with Crippen molar-refractivity contribution in [3.63, 3.8) is 0 Å². The number of likely N-dealkylation sites (tertiary alicyclic amines) is 1. The Hall–Kier alpha value is -2.17. The fourth-order valence-electron chi connectivity index (χ4n) is 4.58. The van der Waals surface area contributed by atoms with Gasteiger partial charge in [0.15, 0.2) is 5.69 Å². The van der Waals surface area contributed by atoms with Crippen molar-refractivity contribution in [3.8, 4) is 0 Å². The number of amides is 1. The van der Waals surface area contributed by atoms with Crippen molar-refractivity contribution in [2.75, 3.05) is 6.54 Å². The van der Waals surface area contributed by atoms with Gasteiger partial charge < -0.3 is 4.90 Å². The van der Waals surface area contributed by atoms with E-state index in [1.165, 1.54) is 19.3 Å². The minimum Gasteiger partial charge on any atom is -0.334 e. The van der Waals surface area contributed by atoms with Gasteiger partial charge in [0.2, 0.25) is 0 Å². The van der Waals surface area contributed by atoms with E-state index in [2.05, 4.69) is 17.1 Å². The lowest BCUT2D eigenvalue weighted by atomic mass is 9.72. The predicted octanol–water partition coefficient (Wildman–Crippen LogP) is 2.96. The van der Waals surface area contributed by atoms with Crippen LogP contribution in [0.5, 0.6) is 0 Å². The Morgan fingerprint density at radius 2 is 1.92 bits per heavy atom. The predicted molar refractivity (Wildman–Crippen MR) is 92.9 cm³/mol. The van der Waals surface area contributed by atoms with Gasteiger partial charge in [-0.1, -0.05) is 38.0 Å². The first-order valence-corrected chi connectivity index (χ1v) is 8.95. The molecule has 1 aliphatic heterocycles. The molecule has 2 aromatic rings. The van der Waals surface area contributed by atoms with Gasteiger partial charge in [-0.3, -0.25) is 9.59 Å². The van der Waals surface area contributed by atoms with Crippen LogP contribution < -0.4 is 5.56 Å². The number of fused-ring (bicyclic) bond motifs is 2. The van der Waals surface area contributed by atoms with Crippen LogP contribution in [0.1, 0.15) is 49.5 Å². The van der Waals surface area contributed by atoms with Gasteiger partial charge in [0.25, 0.3) is 11.5 Å². The van der Waals surface area contributed by atoms with Crippen LogP contribution >= 0.6 is 0 Å². The minimum atomic E-state index is -0.245. The van der Waals surface area contributed by atoms with Gasteiger partial charge in [0.05, 0.1) is 5.39 Å². The molecule has 0 spiro atoms. The molecular weight excluding hydrogens is 302 g/mol. The number of piperidine rings is 1. The first-order valence-electron chi connectivity index (χ1n) is 8.95. The highest BCUT2D eigenvalue weighted by Gasteiger charge is 2.40. The van der Waals surface area contributed by atoms with Crippen LogP contribution in [0.4, 0.5) is 0 Å². The van der Waals surface area contributed by atoms with Crippen molar-refractivity contribution in [1.29, 1.82) is 0 Å². The average Bonchev–Trinajstić information content (AvgIpc) is 2.62. The number of carbonyl (C=O) groups excluding carboxylic acids is 1. The second-order valence-electron chi connectivity index (χ2n) is 7.23. The minimum absolute atomic E-state index is 0.0359. The molecule has 2 fully saturated rings. The number of hydrogen-bond acceptors (Lipinski definition) is 3. The highest BCUT2D eigenvalue weighted by atomic mass is 16.2. The Balaban J connectivity index is 1.74. The lowest BCUT2D eigenvalue weighted by Crippen LogP contribution is -2.52. The molecule has 5 nitrogen and oxygen atoms in total. The molecular formula is C19H23N3O2. The third-order valence-electron chi connectivity index (χ3n) is 5.90. The van der Waals surface area contributed by atoms with Crippen LogP contribution in [0, 0.1) is 11.8 Å². The Morgan fingerprint density at radius 3 is 2.75 bits per heavy atom. The van der Waals surface area contributed by atoms with Crippen molar-refractivity contribution in [1.82, 2.24) is 15.1 Å². The molecule has 1 amide bonds. The van der Waals surface area contributed by atoms with Gasteiger partial charge in [-0.25, -0.2) is 5.10 Å². The largest absolute Gasteiger partial charge is 0.334 e. The van der Waals surface area contributed by atoms with E-state index in [1.807, 2.05) is 23.1 Å². The molecule has 1 saturated carbocycles. The van der Waals surface area contributed by atoms with Crippen molar-refractivity contribution >= 4 is 16.7 Å². The molecule has 3 atom stereocenters. The summed E-state index contributed by atoms with van der Waals surface area (Å²) in [6.07, 6.45) is 5.82. The molecule has 0 bridgehead atoms. The molecule has 2 heterocycles. The number of nitrogens with zero attached hydrogens (tertiary/aromatic N) is 2. The first kappa shape index (κ1) is 15.4. The van der Waals surface area contributed by atoms with Crippen LogP contribution in [-0.2, 0) is 0 Å². The normalized spacial score (nSPS) is 27.0. The Morgan fingerprint density at radius 1 is 1.17 bits per heavy atom. The van der Waals surface area contributed by atoms with Crippen molar-refractivity contribution in [2.24, 2.45) is 11.8 Å². The molecule has 1 aromatic heterocycles. The summed E-state index contributed by atoms with van der Waals surface area (Å²) in [6.45, 7) is 3.11. The fraction of sp³-hybridized carbons (Fsp3) is 0.526. The summed E-state index contributed by atoms with van der Waals surface area (Å²) in [5.74, 6) is 1.25. The van der Waals surface area contributed by atoms with E-state index in [9.17, 15) is 9.59 Å². The van der Waals surface area contributed by atoms with Gasteiger partial charge in [-0.2, -0.15) is 5.10 Å². The second kappa shape index (κ2) is 6.04. The molecule has 1 aliphatic carbocycles. The summed E-state index contributed by atoms with van der Waals surface area (Å²) in [4.78, 5) is 27.2. The number of rotatable bonds is 1. The van der Waals surface area contributed by atoms with Gasteiger partial charge in [-0.15, -0.1) is 0 Å². The highest BCUT2D eigenvalue weighted by Crippen LogP contribution is 2.39. The summed E-state index contributed by atoms with van der Waals surface area (Å²) in [5.41, 5.74) is 0.133. The standard InChI is InChI=1S/C19H23N3O2/c1-12-10-11-22(16-9-5-4-6-13(12)16)19(24)17-14-7-2-3-8-15(14)18(23)21-20-17/h2-3,7-8,12-13,16H,4-6,9-11H2,1H3,(H,21,23)/t12-,13+,16+/m1/s1. The summed E-state index contributed by atoms with van der Waals surface area (Å²) >= 11 is 0. The molecule has 0 radical (unpaired) electrons. The molecule has 24 heavy (non-hydrogen) atoms. The highest BCUT2D eigenvalue weighted by molar-refractivity contribution is 6.04. The van der Waals surface area contributed by atoms with Crippen LogP contribution in [0.25, 0.3) is 10.8 Å². The number of nitrogens with one attached hydrogen (secondary N) is 1. The second-order valence-corrected chi connectivity index (χ2v) is 7.23. The maximum atomic E-state index is 13.2. The fourth-order valence-corrected chi connectivity index (χ4v) is 4.58. The molecule has 1 saturated heterocycles. The number of aromatic amines is 1. The van der Waals surface area contributed by atoms with Gasteiger partial charge in [0, 0.05) is 18.0 Å². The monoisotopic (exact) mass is 325 g/mol. The van der Waals surface area contributed by atoms with E-state index >= 15 is 0 Å². The summed E-state index contributed by atoms with van der Waals surface area (Å²) in [7, 11) is 0. The van der Waals surface area contributed by atoms with Crippen molar-refractivity contribution < 1.29 is 4.79 Å². The Bertz CT molecular complexity index is 829. The Kier molecular flexibility index (Phi) is 3.87. The molecule has 0 unspecified atom stereocenters. The first-order chi connectivity index (χ1) is 11.7. The number of carbonyl (C=O) groups is 1. The van der Waals surface area contributed by atoms with Gasteiger partial charge in [0.1, 0.15) is 0 Å². The number of benzene rings is 1. The molecule has 5 heteroatoms. The zero-order valence-corrected chi connectivity index (χ0v) is 14.0. The van der Waals surface area contributed by atoms with E-state index < -0.39 is 0 Å². The van der Waals surface area contributed by atoms with Gasteiger partial charge in [-0.05, 0) is 37.2 Å². The maximum Gasteiger partial charge on any atom is 0.275 e. The smallest absolute Gasteiger partial charge is 0.275 e. The zero-order valence-electron chi connectivity index (χ0n) is 14.0. The lowest BCUT2D eigenvalue weighted by molar-refractivity contribution is 0.0214. The molecule has 1 aromatic carbocycles. The summed E-state index contributed by atoms with van der Waals surface area (Å²) < 4.78 is 0. The van der Waals surface area contributed by atoms with E-state index in [0.717, 1.165) is 19.4 Å². The molecule has 4 rings (SSSR count). The van der Waals surface area contributed by atoms with Crippen molar-refractivity contribution in [3.05, 3.63) is 40.3 Å². The molecule has 2 aliphatic rings. The zero-order chi connectivity index (χ0) is 16.7. The Labute approximate surface area is 141 Å². The summed E-state index contributed by atoms with van der Waals surface area (Å²) in [5, 5.41) is 7.78.